The fraction of sp³-hybridized carbons (Fsp3) is 0.424. The van der Waals surface area contributed by atoms with E-state index < -0.39 is 0 Å². The van der Waals surface area contributed by atoms with Crippen molar-refractivity contribution < 1.29 is 13.9 Å². The van der Waals surface area contributed by atoms with Gasteiger partial charge in [-0.15, -0.1) is 0 Å². The molecule has 2 aliphatic rings. The number of methoxy groups -OCH3 is 1. The summed E-state index contributed by atoms with van der Waals surface area (Å²) in [5.41, 5.74) is 4.50. The first kappa shape index (κ1) is 26.4. The Morgan fingerprint density at radius 3 is 2.47 bits per heavy atom. The zero-order chi connectivity index (χ0) is 26.5. The number of aryl methyl sites for hydroxylation is 1. The van der Waals surface area contributed by atoms with Crippen molar-refractivity contribution in [1.82, 2.24) is 9.80 Å². The topological polar surface area (TPSA) is 32.8 Å². The van der Waals surface area contributed by atoms with Crippen LogP contribution in [-0.2, 0) is 6.54 Å². The quantitative estimate of drug-likeness (QED) is 0.330. The number of rotatable bonds is 8. The second kappa shape index (κ2) is 12.1. The van der Waals surface area contributed by atoms with Crippen LogP contribution in [0.4, 0.5) is 4.39 Å². The molecule has 2 fully saturated rings. The van der Waals surface area contributed by atoms with Crippen molar-refractivity contribution in [3.8, 4) is 5.75 Å². The maximum atomic E-state index is 13.9. The van der Waals surface area contributed by atoms with Gasteiger partial charge in [0.15, 0.2) is 0 Å². The average molecular weight is 515 g/mol. The normalized spacial score (nSPS) is 20.4. The van der Waals surface area contributed by atoms with E-state index in [-0.39, 0.29) is 17.8 Å². The predicted molar refractivity (Wildman–Crippen MR) is 150 cm³/mol. The third-order valence-corrected chi connectivity index (χ3v) is 8.44. The number of nitrogens with zero attached hydrogens (tertiary/aromatic N) is 2. The maximum absolute atomic E-state index is 13.9. The molecule has 0 aromatic heterocycles. The lowest BCUT2D eigenvalue weighted by Crippen LogP contribution is -2.45. The van der Waals surface area contributed by atoms with Gasteiger partial charge < -0.3 is 9.64 Å². The monoisotopic (exact) mass is 514 g/mol. The van der Waals surface area contributed by atoms with Crippen molar-refractivity contribution in [2.75, 3.05) is 26.7 Å². The predicted octanol–water partition coefficient (Wildman–Crippen LogP) is 6.83. The highest BCUT2D eigenvalue weighted by Gasteiger charge is 2.38. The van der Waals surface area contributed by atoms with Gasteiger partial charge in [-0.25, -0.2) is 4.39 Å². The standard InChI is InChI=1S/C33H39FN2O2/c1-24-9-6-7-14-31(24)32-23-35(20-25-10-8-13-30(19-25)38-2)21-27(32)22-36(29-11-4-3-5-12-29)33(37)26-15-17-28(34)18-16-26/h6-10,13-19,27,29,32H,3-5,11-12,20-23H2,1-2H3. The van der Waals surface area contributed by atoms with Crippen molar-refractivity contribution in [1.29, 1.82) is 0 Å². The van der Waals surface area contributed by atoms with E-state index in [2.05, 4.69) is 53.1 Å². The number of carbonyl (C=O) groups excluding carboxylic acids is 1. The SMILES string of the molecule is COc1cccc(CN2CC(CN(C(=O)c3ccc(F)cc3)C3CCCCC3)C(c3ccccc3C)C2)c1. The summed E-state index contributed by atoms with van der Waals surface area (Å²) < 4.78 is 19.1. The highest BCUT2D eigenvalue weighted by atomic mass is 19.1. The molecule has 5 rings (SSSR count). The van der Waals surface area contributed by atoms with Gasteiger partial charge in [0.2, 0.25) is 0 Å². The first-order chi connectivity index (χ1) is 18.5. The maximum Gasteiger partial charge on any atom is 0.254 e. The minimum atomic E-state index is -0.311. The summed E-state index contributed by atoms with van der Waals surface area (Å²) in [5, 5.41) is 0. The van der Waals surface area contributed by atoms with Crippen LogP contribution in [0.25, 0.3) is 0 Å². The summed E-state index contributed by atoms with van der Waals surface area (Å²) >= 11 is 0. The molecular formula is C33H39FN2O2. The summed E-state index contributed by atoms with van der Waals surface area (Å²) in [6, 6.07) is 23.3. The van der Waals surface area contributed by atoms with E-state index in [1.807, 2.05) is 12.1 Å². The van der Waals surface area contributed by atoms with Crippen LogP contribution in [0, 0.1) is 18.7 Å². The Hall–Kier alpha value is -3.18. The smallest absolute Gasteiger partial charge is 0.254 e. The van der Waals surface area contributed by atoms with E-state index in [1.54, 1.807) is 19.2 Å². The molecule has 1 amide bonds. The Morgan fingerprint density at radius 2 is 1.74 bits per heavy atom. The van der Waals surface area contributed by atoms with Crippen LogP contribution in [0.15, 0.2) is 72.8 Å². The van der Waals surface area contributed by atoms with Gasteiger partial charge in [0.25, 0.3) is 5.91 Å². The molecule has 2 atom stereocenters. The molecule has 0 N–H and O–H groups in total. The second-order valence-electron chi connectivity index (χ2n) is 11.0. The Kier molecular flexibility index (Phi) is 8.43. The van der Waals surface area contributed by atoms with Gasteiger partial charge in [0, 0.05) is 43.7 Å². The van der Waals surface area contributed by atoms with Gasteiger partial charge in [-0.2, -0.15) is 0 Å². The molecule has 3 aromatic rings. The molecule has 5 heteroatoms. The van der Waals surface area contributed by atoms with Crippen LogP contribution in [0.1, 0.15) is 65.1 Å². The lowest BCUT2D eigenvalue weighted by Gasteiger charge is -2.37. The molecule has 1 saturated carbocycles. The summed E-state index contributed by atoms with van der Waals surface area (Å²) in [4.78, 5) is 18.5. The summed E-state index contributed by atoms with van der Waals surface area (Å²) in [5.74, 6) is 1.25. The van der Waals surface area contributed by atoms with Crippen LogP contribution in [0.2, 0.25) is 0 Å². The molecule has 1 aliphatic carbocycles. The van der Waals surface area contributed by atoms with Crippen LogP contribution < -0.4 is 4.74 Å². The average Bonchev–Trinajstić information content (AvgIpc) is 3.34. The number of ether oxygens (including phenoxy) is 1. The summed E-state index contributed by atoms with van der Waals surface area (Å²) in [6.07, 6.45) is 5.64. The van der Waals surface area contributed by atoms with E-state index in [0.717, 1.165) is 51.1 Å². The number of halogens is 1. The van der Waals surface area contributed by atoms with Crippen LogP contribution in [0.3, 0.4) is 0 Å². The zero-order valence-electron chi connectivity index (χ0n) is 22.6. The molecule has 38 heavy (non-hydrogen) atoms. The number of likely N-dealkylation sites (tertiary alicyclic amines) is 1. The molecule has 1 aliphatic heterocycles. The van der Waals surface area contributed by atoms with Crippen LogP contribution in [0.5, 0.6) is 5.75 Å². The van der Waals surface area contributed by atoms with E-state index in [1.165, 1.54) is 35.2 Å². The highest BCUT2D eigenvalue weighted by molar-refractivity contribution is 5.94. The number of benzene rings is 3. The lowest BCUT2D eigenvalue weighted by molar-refractivity contribution is 0.0588. The van der Waals surface area contributed by atoms with Crippen molar-refractivity contribution in [2.45, 2.75) is 57.5 Å². The lowest BCUT2D eigenvalue weighted by atomic mass is 9.85. The molecule has 1 saturated heterocycles. The number of amides is 1. The third kappa shape index (κ3) is 6.10. The number of hydrogen-bond donors (Lipinski definition) is 0. The largest absolute Gasteiger partial charge is 0.497 e. The third-order valence-electron chi connectivity index (χ3n) is 8.44. The van der Waals surface area contributed by atoms with E-state index in [9.17, 15) is 9.18 Å². The molecule has 2 unspecified atom stereocenters. The Bertz CT molecular complexity index is 1220. The van der Waals surface area contributed by atoms with Crippen molar-refractivity contribution in [3.05, 3.63) is 101 Å². The highest BCUT2D eigenvalue weighted by Crippen LogP contribution is 2.37. The van der Waals surface area contributed by atoms with Gasteiger partial charge in [0.05, 0.1) is 7.11 Å². The fourth-order valence-corrected chi connectivity index (χ4v) is 6.46. The minimum Gasteiger partial charge on any atom is -0.497 e. The number of hydrogen-bond acceptors (Lipinski definition) is 3. The van der Waals surface area contributed by atoms with Gasteiger partial charge in [-0.3, -0.25) is 9.69 Å². The fourth-order valence-electron chi connectivity index (χ4n) is 6.46. The Balaban J connectivity index is 1.43. The Morgan fingerprint density at radius 1 is 0.974 bits per heavy atom. The van der Waals surface area contributed by atoms with Gasteiger partial charge >= 0.3 is 0 Å². The van der Waals surface area contributed by atoms with Gasteiger partial charge in [-0.05, 0) is 78.8 Å². The first-order valence-electron chi connectivity index (χ1n) is 14.0. The van der Waals surface area contributed by atoms with Crippen LogP contribution >= 0.6 is 0 Å². The molecule has 3 aromatic carbocycles. The van der Waals surface area contributed by atoms with E-state index >= 15 is 0 Å². The van der Waals surface area contributed by atoms with Gasteiger partial charge in [-0.1, -0.05) is 55.7 Å². The number of carbonyl (C=O) groups is 1. The molecular weight excluding hydrogens is 475 g/mol. The van der Waals surface area contributed by atoms with E-state index in [0.29, 0.717) is 23.9 Å². The molecule has 0 spiro atoms. The van der Waals surface area contributed by atoms with Crippen molar-refractivity contribution >= 4 is 5.91 Å². The first-order valence-corrected chi connectivity index (χ1v) is 14.0. The van der Waals surface area contributed by atoms with Crippen molar-refractivity contribution in [3.63, 3.8) is 0 Å². The van der Waals surface area contributed by atoms with Gasteiger partial charge in [0.1, 0.15) is 11.6 Å². The molecule has 0 bridgehead atoms. The van der Waals surface area contributed by atoms with Crippen LogP contribution in [-0.4, -0.2) is 48.5 Å². The van der Waals surface area contributed by atoms with E-state index in [4.69, 9.17) is 4.74 Å². The summed E-state index contributed by atoms with van der Waals surface area (Å²) in [7, 11) is 1.71. The molecule has 4 nitrogen and oxygen atoms in total. The minimum absolute atomic E-state index is 0.0340. The molecule has 200 valence electrons. The molecule has 1 heterocycles. The summed E-state index contributed by atoms with van der Waals surface area (Å²) in [6.45, 7) is 5.64. The molecule has 0 radical (unpaired) electrons. The zero-order valence-corrected chi connectivity index (χ0v) is 22.6. The second-order valence-corrected chi connectivity index (χ2v) is 11.0. The Labute approximate surface area is 226 Å². The van der Waals surface area contributed by atoms with Crippen molar-refractivity contribution in [2.24, 2.45) is 5.92 Å².